The summed E-state index contributed by atoms with van der Waals surface area (Å²) in [5.41, 5.74) is 3.88. The van der Waals surface area contributed by atoms with Crippen LogP contribution in [0.4, 0.5) is 0 Å². The van der Waals surface area contributed by atoms with E-state index in [4.69, 9.17) is 14.5 Å². The Balaban J connectivity index is 1.52. The normalized spacial score (nSPS) is 16.0. The van der Waals surface area contributed by atoms with Gasteiger partial charge in [-0.1, -0.05) is 12.1 Å². The van der Waals surface area contributed by atoms with Gasteiger partial charge in [0.15, 0.2) is 5.96 Å². The standard InChI is InChI=1S/C23H36N4O2/c1-4-24-23(27-13-10-20(11-14-27)29-16-6-15-28-3)25-12-9-19-17-26-21-8-5-7-18(2)22(19)21/h5,7-8,17,20,26H,4,6,9-16H2,1-3H3,(H,24,25). The van der Waals surface area contributed by atoms with E-state index in [2.05, 4.69) is 53.4 Å². The van der Waals surface area contributed by atoms with Crippen LogP contribution in [0.3, 0.4) is 0 Å². The first-order valence-electron chi connectivity index (χ1n) is 10.9. The van der Waals surface area contributed by atoms with Gasteiger partial charge in [0.05, 0.1) is 6.10 Å². The van der Waals surface area contributed by atoms with Crippen LogP contribution in [-0.4, -0.2) is 68.4 Å². The molecule has 6 heteroatoms. The maximum atomic E-state index is 5.98. The highest BCUT2D eigenvalue weighted by Gasteiger charge is 2.21. The maximum absolute atomic E-state index is 5.98. The molecule has 2 aromatic rings. The highest BCUT2D eigenvalue weighted by atomic mass is 16.5. The van der Waals surface area contributed by atoms with E-state index in [1.165, 1.54) is 22.0 Å². The number of likely N-dealkylation sites (tertiary alicyclic amines) is 1. The zero-order valence-corrected chi connectivity index (χ0v) is 18.2. The van der Waals surface area contributed by atoms with Gasteiger partial charge in [-0.15, -0.1) is 0 Å². The van der Waals surface area contributed by atoms with Crippen molar-refractivity contribution in [2.75, 3.05) is 46.5 Å². The van der Waals surface area contributed by atoms with Gasteiger partial charge in [-0.25, -0.2) is 0 Å². The number of H-pyrrole nitrogens is 1. The van der Waals surface area contributed by atoms with E-state index < -0.39 is 0 Å². The van der Waals surface area contributed by atoms with Gasteiger partial charge in [-0.05, 0) is 56.7 Å². The second-order valence-electron chi connectivity index (χ2n) is 7.70. The molecule has 1 aliphatic rings. The fraction of sp³-hybridized carbons (Fsp3) is 0.609. The van der Waals surface area contributed by atoms with Crippen molar-refractivity contribution in [3.8, 4) is 0 Å². The zero-order valence-electron chi connectivity index (χ0n) is 18.2. The number of hydrogen-bond donors (Lipinski definition) is 2. The SMILES string of the molecule is CCNC(=NCCc1c[nH]c2cccc(C)c12)N1CCC(OCCCOC)CC1. The highest BCUT2D eigenvalue weighted by Crippen LogP contribution is 2.22. The molecule has 2 heterocycles. The third-order valence-corrected chi connectivity index (χ3v) is 5.56. The van der Waals surface area contributed by atoms with Gasteiger partial charge >= 0.3 is 0 Å². The summed E-state index contributed by atoms with van der Waals surface area (Å²) in [4.78, 5) is 10.7. The summed E-state index contributed by atoms with van der Waals surface area (Å²) in [6, 6.07) is 6.42. The van der Waals surface area contributed by atoms with Gasteiger partial charge in [0.1, 0.15) is 0 Å². The van der Waals surface area contributed by atoms with Crippen molar-refractivity contribution >= 4 is 16.9 Å². The van der Waals surface area contributed by atoms with Gasteiger partial charge in [-0.3, -0.25) is 4.99 Å². The van der Waals surface area contributed by atoms with Crippen LogP contribution in [0, 0.1) is 6.92 Å². The lowest BCUT2D eigenvalue weighted by Gasteiger charge is -2.34. The number of fused-ring (bicyclic) bond motifs is 1. The number of nitrogens with one attached hydrogen (secondary N) is 2. The summed E-state index contributed by atoms with van der Waals surface area (Å²) in [6.07, 6.45) is 6.51. The molecular weight excluding hydrogens is 364 g/mol. The zero-order chi connectivity index (χ0) is 20.5. The molecule has 6 nitrogen and oxygen atoms in total. The lowest BCUT2D eigenvalue weighted by Crippen LogP contribution is -2.47. The van der Waals surface area contributed by atoms with Crippen LogP contribution >= 0.6 is 0 Å². The number of guanidine groups is 1. The molecule has 1 fully saturated rings. The average molecular weight is 401 g/mol. The van der Waals surface area contributed by atoms with Crippen molar-refractivity contribution in [1.29, 1.82) is 0 Å². The molecule has 0 radical (unpaired) electrons. The molecule has 0 aliphatic carbocycles. The lowest BCUT2D eigenvalue weighted by atomic mass is 10.1. The second-order valence-corrected chi connectivity index (χ2v) is 7.70. The van der Waals surface area contributed by atoms with E-state index in [-0.39, 0.29) is 0 Å². The summed E-state index contributed by atoms with van der Waals surface area (Å²) >= 11 is 0. The lowest BCUT2D eigenvalue weighted by molar-refractivity contribution is 0.00991. The number of rotatable bonds is 9. The number of ether oxygens (including phenoxy) is 2. The molecule has 2 N–H and O–H groups in total. The number of aliphatic imine (C=N–C) groups is 1. The van der Waals surface area contributed by atoms with E-state index in [1.807, 2.05) is 0 Å². The Bertz CT molecular complexity index is 778. The first kappa shape index (κ1) is 21.7. The number of benzene rings is 1. The number of hydrogen-bond acceptors (Lipinski definition) is 3. The molecule has 0 atom stereocenters. The van der Waals surface area contributed by atoms with Crippen LogP contribution in [0.1, 0.15) is 37.3 Å². The van der Waals surface area contributed by atoms with Crippen LogP contribution < -0.4 is 5.32 Å². The summed E-state index contributed by atoms with van der Waals surface area (Å²) in [6.45, 7) is 9.52. The first-order chi connectivity index (χ1) is 14.2. The number of piperidine rings is 1. The quantitative estimate of drug-likeness (QED) is 0.384. The van der Waals surface area contributed by atoms with Crippen molar-refractivity contribution in [2.45, 2.75) is 45.6 Å². The summed E-state index contributed by atoms with van der Waals surface area (Å²) < 4.78 is 11.1. The topological polar surface area (TPSA) is 61.9 Å². The third-order valence-electron chi connectivity index (χ3n) is 5.56. The summed E-state index contributed by atoms with van der Waals surface area (Å²) in [5.74, 6) is 1.03. The molecule has 0 bridgehead atoms. The Morgan fingerprint density at radius 1 is 1.28 bits per heavy atom. The Morgan fingerprint density at radius 2 is 2.10 bits per heavy atom. The van der Waals surface area contributed by atoms with E-state index in [0.717, 1.165) is 71.0 Å². The first-order valence-corrected chi connectivity index (χ1v) is 10.9. The van der Waals surface area contributed by atoms with Gasteiger partial charge in [-0.2, -0.15) is 0 Å². The van der Waals surface area contributed by atoms with E-state index in [0.29, 0.717) is 6.10 Å². The number of nitrogens with zero attached hydrogens (tertiary/aromatic N) is 2. The van der Waals surface area contributed by atoms with Gasteiger partial charge in [0.25, 0.3) is 0 Å². The van der Waals surface area contributed by atoms with Crippen molar-refractivity contribution in [2.24, 2.45) is 4.99 Å². The van der Waals surface area contributed by atoms with Gasteiger partial charge < -0.3 is 24.7 Å². The minimum absolute atomic E-state index is 0.361. The molecule has 1 aromatic heterocycles. The highest BCUT2D eigenvalue weighted by molar-refractivity contribution is 5.86. The summed E-state index contributed by atoms with van der Waals surface area (Å²) in [7, 11) is 1.74. The van der Waals surface area contributed by atoms with Crippen LogP contribution in [-0.2, 0) is 15.9 Å². The molecule has 1 aliphatic heterocycles. The third kappa shape index (κ3) is 5.97. The monoisotopic (exact) mass is 400 g/mol. The summed E-state index contributed by atoms with van der Waals surface area (Å²) in [5, 5.41) is 4.81. The van der Waals surface area contributed by atoms with E-state index >= 15 is 0 Å². The molecule has 3 rings (SSSR count). The van der Waals surface area contributed by atoms with Crippen LogP contribution in [0.2, 0.25) is 0 Å². The number of aromatic amines is 1. The van der Waals surface area contributed by atoms with Crippen molar-refractivity contribution in [1.82, 2.24) is 15.2 Å². The predicted octanol–water partition coefficient (Wildman–Crippen LogP) is 3.50. The van der Waals surface area contributed by atoms with Crippen LogP contribution in [0.5, 0.6) is 0 Å². The Hall–Kier alpha value is -2.05. The molecular formula is C23H36N4O2. The molecule has 0 saturated carbocycles. The fourth-order valence-electron chi connectivity index (χ4n) is 4.04. The molecule has 160 valence electrons. The number of aryl methyl sites for hydroxylation is 1. The maximum Gasteiger partial charge on any atom is 0.193 e. The minimum Gasteiger partial charge on any atom is -0.385 e. The molecule has 0 spiro atoms. The van der Waals surface area contributed by atoms with Gasteiger partial charge in [0.2, 0.25) is 0 Å². The minimum atomic E-state index is 0.361. The Kier molecular flexibility index (Phi) is 8.38. The predicted molar refractivity (Wildman–Crippen MR) is 120 cm³/mol. The van der Waals surface area contributed by atoms with E-state index in [1.54, 1.807) is 7.11 Å². The molecule has 0 amide bonds. The van der Waals surface area contributed by atoms with Crippen molar-refractivity contribution in [3.63, 3.8) is 0 Å². The van der Waals surface area contributed by atoms with Crippen molar-refractivity contribution < 1.29 is 9.47 Å². The van der Waals surface area contributed by atoms with E-state index in [9.17, 15) is 0 Å². The Labute approximate surface area is 174 Å². The second kappa shape index (κ2) is 11.2. The van der Waals surface area contributed by atoms with Crippen LogP contribution in [0.25, 0.3) is 10.9 Å². The smallest absolute Gasteiger partial charge is 0.193 e. The van der Waals surface area contributed by atoms with Crippen molar-refractivity contribution in [3.05, 3.63) is 35.5 Å². The average Bonchev–Trinajstić information content (AvgIpc) is 3.16. The molecule has 1 saturated heterocycles. The molecule has 29 heavy (non-hydrogen) atoms. The largest absolute Gasteiger partial charge is 0.385 e. The Morgan fingerprint density at radius 3 is 2.86 bits per heavy atom. The molecule has 1 aromatic carbocycles. The number of aromatic nitrogens is 1. The molecule has 0 unspecified atom stereocenters. The van der Waals surface area contributed by atoms with Crippen LogP contribution in [0.15, 0.2) is 29.4 Å². The van der Waals surface area contributed by atoms with Gasteiger partial charge in [0, 0.05) is 63.6 Å². The fourth-order valence-corrected chi connectivity index (χ4v) is 4.04. The number of methoxy groups -OCH3 is 1.